The number of imidazole rings is 1. The first-order valence-electron chi connectivity index (χ1n) is 9.80. The lowest BCUT2D eigenvalue weighted by molar-refractivity contribution is 0.0935. The first-order valence-corrected chi connectivity index (χ1v) is 10.6. The Labute approximate surface area is 185 Å². The van der Waals surface area contributed by atoms with Gasteiger partial charge in [-0.25, -0.2) is 4.98 Å². The van der Waals surface area contributed by atoms with Crippen LogP contribution in [0.25, 0.3) is 11.0 Å². The zero-order chi connectivity index (χ0) is 21.1. The number of carbonyl (C=O) groups excluding carboxylic acids is 1. The standard InChI is InChI=1S/C24H21Cl2N3O/c1-2-21(16-7-4-3-5-8-16)28-24(30)17-11-12-23-22(13-17)27-15-29(23)14-18-19(25)9-6-10-20(18)26/h3-13,15,21H,2,14H2,1H3,(H,28,30)/t21-/m1/s1. The van der Waals surface area contributed by atoms with Crippen LogP contribution in [0.1, 0.15) is 40.9 Å². The largest absolute Gasteiger partial charge is 0.345 e. The lowest BCUT2D eigenvalue weighted by atomic mass is 10.0. The van der Waals surface area contributed by atoms with Gasteiger partial charge >= 0.3 is 0 Å². The van der Waals surface area contributed by atoms with Crippen molar-refractivity contribution < 1.29 is 4.79 Å². The Morgan fingerprint density at radius 2 is 1.77 bits per heavy atom. The van der Waals surface area contributed by atoms with Gasteiger partial charge in [-0.15, -0.1) is 0 Å². The van der Waals surface area contributed by atoms with Crippen molar-refractivity contribution in [3.8, 4) is 0 Å². The molecular weight excluding hydrogens is 417 g/mol. The Bertz CT molecular complexity index is 1170. The van der Waals surface area contributed by atoms with Crippen LogP contribution in [0.3, 0.4) is 0 Å². The molecule has 1 amide bonds. The summed E-state index contributed by atoms with van der Waals surface area (Å²) in [7, 11) is 0. The molecule has 0 saturated heterocycles. The van der Waals surface area contributed by atoms with Crippen molar-refractivity contribution in [2.45, 2.75) is 25.9 Å². The van der Waals surface area contributed by atoms with E-state index >= 15 is 0 Å². The number of benzene rings is 3. The number of carbonyl (C=O) groups is 1. The third kappa shape index (κ3) is 4.20. The normalized spacial score (nSPS) is 12.1. The average Bonchev–Trinajstić information content (AvgIpc) is 3.17. The van der Waals surface area contributed by atoms with Crippen LogP contribution < -0.4 is 5.32 Å². The second kappa shape index (κ2) is 8.90. The number of nitrogens with one attached hydrogen (secondary N) is 1. The summed E-state index contributed by atoms with van der Waals surface area (Å²) in [5.74, 6) is -0.115. The van der Waals surface area contributed by atoms with Crippen molar-refractivity contribution in [3.05, 3.63) is 99.8 Å². The van der Waals surface area contributed by atoms with Gasteiger partial charge in [-0.2, -0.15) is 0 Å². The maximum absolute atomic E-state index is 12.8. The van der Waals surface area contributed by atoms with E-state index in [1.807, 2.05) is 71.3 Å². The van der Waals surface area contributed by atoms with Gasteiger partial charge in [0.1, 0.15) is 0 Å². The number of halogens is 2. The van der Waals surface area contributed by atoms with Crippen molar-refractivity contribution in [2.75, 3.05) is 0 Å². The number of rotatable bonds is 6. The molecule has 4 nitrogen and oxygen atoms in total. The Balaban J connectivity index is 1.56. The van der Waals surface area contributed by atoms with Crippen molar-refractivity contribution in [3.63, 3.8) is 0 Å². The molecule has 0 saturated carbocycles. The van der Waals surface area contributed by atoms with Crippen LogP contribution in [0.5, 0.6) is 0 Å². The van der Waals surface area contributed by atoms with Crippen molar-refractivity contribution >= 4 is 40.1 Å². The second-order valence-electron chi connectivity index (χ2n) is 7.12. The van der Waals surface area contributed by atoms with Gasteiger partial charge in [0.05, 0.1) is 29.9 Å². The van der Waals surface area contributed by atoms with Gasteiger partial charge in [-0.05, 0) is 42.3 Å². The summed E-state index contributed by atoms with van der Waals surface area (Å²) in [6.45, 7) is 2.56. The Hall–Kier alpha value is -2.82. The zero-order valence-corrected chi connectivity index (χ0v) is 18.0. The van der Waals surface area contributed by atoms with Gasteiger partial charge in [0.15, 0.2) is 0 Å². The van der Waals surface area contributed by atoms with Crippen LogP contribution in [-0.4, -0.2) is 15.5 Å². The summed E-state index contributed by atoms with van der Waals surface area (Å²) in [5, 5.41) is 4.35. The fraction of sp³-hybridized carbons (Fsp3) is 0.167. The average molecular weight is 438 g/mol. The van der Waals surface area contributed by atoms with Gasteiger partial charge in [-0.3, -0.25) is 4.79 Å². The molecule has 0 unspecified atom stereocenters. The van der Waals surface area contributed by atoms with E-state index in [0.717, 1.165) is 28.6 Å². The number of amides is 1. The topological polar surface area (TPSA) is 46.9 Å². The minimum absolute atomic E-state index is 0.0330. The molecule has 4 aromatic rings. The van der Waals surface area contributed by atoms with E-state index in [0.29, 0.717) is 22.2 Å². The molecule has 1 aromatic heterocycles. The molecule has 30 heavy (non-hydrogen) atoms. The maximum atomic E-state index is 12.8. The molecule has 0 radical (unpaired) electrons. The molecule has 1 atom stereocenters. The van der Waals surface area contributed by atoms with Crippen LogP contribution in [0.4, 0.5) is 0 Å². The summed E-state index contributed by atoms with van der Waals surface area (Å²) in [6.07, 6.45) is 2.55. The molecule has 4 rings (SSSR count). The minimum atomic E-state index is -0.115. The highest BCUT2D eigenvalue weighted by atomic mass is 35.5. The monoisotopic (exact) mass is 437 g/mol. The van der Waals surface area contributed by atoms with E-state index in [9.17, 15) is 4.79 Å². The predicted octanol–water partition coefficient (Wildman–Crippen LogP) is 6.27. The first kappa shape index (κ1) is 20.5. The summed E-state index contributed by atoms with van der Waals surface area (Å²) in [6, 6.07) is 21.0. The molecule has 0 aliphatic carbocycles. The van der Waals surface area contributed by atoms with Crippen molar-refractivity contribution in [1.29, 1.82) is 0 Å². The Morgan fingerprint density at radius 1 is 1.03 bits per heavy atom. The molecular formula is C24H21Cl2N3O. The second-order valence-corrected chi connectivity index (χ2v) is 7.94. The fourth-order valence-corrected chi connectivity index (χ4v) is 4.05. The quantitative estimate of drug-likeness (QED) is 0.386. The maximum Gasteiger partial charge on any atom is 0.251 e. The number of nitrogens with zero attached hydrogens (tertiary/aromatic N) is 2. The van der Waals surface area contributed by atoms with Crippen LogP contribution in [0, 0.1) is 0 Å². The number of aromatic nitrogens is 2. The van der Waals surface area contributed by atoms with E-state index in [-0.39, 0.29) is 11.9 Å². The molecule has 0 aliphatic heterocycles. The van der Waals surface area contributed by atoms with E-state index in [4.69, 9.17) is 23.2 Å². The molecule has 1 N–H and O–H groups in total. The molecule has 0 spiro atoms. The molecule has 152 valence electrons. The molecule has 0 fully saturated rings. The van der Waals surface area contributed by atoms with Crippen LogP contribution in [-0.2, 0) is 6.54 Å². The molecule has 6 heteroatoms. The van der Waals surface area contributed by atoms with E-state index in [1.165, 1.54) is 0 Å². The molecule has 3 aromatic carbocycles. The summed E-state index contributed by atoms with van der Waals surface area (Å²) >= 11 is 12.6. The van der Waals surface area contributed by atoms with Crippen molar-refractivity contribution in [1.82, 2.24) is 14.9 Å². The molecule has 0 bridgehead atoms. The molecule has 1 heterocycles. The minimum Gasteiger partial charge on any atom is -0.345 e. The highest BCUT2D eigenvalue weighted by Gasteiger charge is 2.16. The van der Waals surface area contributed by atoms with E-state index in [1.54, 1.807) is 6.33 Å². The highest BCUT2D eigenvalue weighted by Crippen LogP contribution is 2.27. The lowest BCUT2D eigenvalue weighted by Crippen LogP contribution is -2.28. The third-order valence-electron chi connectivity index (χ3n) is 5.19. The first-order chi connectivity index (χ1) is 14.6. The predicted molar refractivity (Wildman–Crippen MR) is 122 cm³/mol. The summed E-state index contributed by atoms with van der Waals surface area (Å²) in [5.41, 5.74) is 4.18. The highest BCUT2D eigenvalue weighted by molar-refractivity contribution is 6.36. The summed E-state index contributed by atoms with van der Waals surface area (Å²) < 4.78 is 1.98. The van der Waals surface area contributed by atoms with E-state index in [2.05, 4.69) is 17.2 Å². The Kier molecular flexibility index (Phi) is 6.07. The van der Waals surface area contributed by atoms with Gasteiger partial charge in [0.2, 0.25) is 0 Å². The zero-order valence-electron chi connectivity index (χ0n) is 16.5. The van der Waals surface area contributed by atoms with Gasteiger partial charge in [0.25, 0.3) is 5.91 Å². The van der Waals surface area contributed by atoms with E-state index < -0.39 is 0 Å². The number of fused-ring (bicyclic) bond motifs is 1. The van der Waals surface area contributed by atoms with Gasteiger partial charge in [0, 0.05) is 21.2 Å². The smallest absolute Gasteiger partial charge is 0.251 e. The van der Waals surface area contributed by atoms with Crippen LogP contribution >= 0.6 is 23.2 Å². The Morgan fingerprint density at radius 3 is 2.47 bits per heavy atom. The lowest BCUT2D eigenvalue weighted by Gasteiger charge is -2.17. The van der Waals surface area contributed by atoms with Crippen LogP contribution in [0.15, 0.2) is 73.1 Å². The van der Waals surface area contributed by atoms with Crippen LogP contribution in [0.2, 0.25) is 10.0 Å². The van der Waals surface area contributed by atoms with Gasteiger partial charge < -0.3 is 9.88 Å². The molecule has 0 aliphatic rings. The number of hydrogen-bond acceptors (Lipinski definition) is 2. The van der Waals surface area contributed by atoms with Gasteiger partial charge in [-0.1, -0.05) is 66.5 Å². The fourth-order valence-electron chi connectivity index (χ4n) is 3.53. The third-order valence-corrected chi connectivity index (χ3v) is 5.90. The van der Waals surface area contributed by atoms with Crippen molar-refractivity contribution in [2.24, 2.45) is 0 Å². The number of hydrogen-bond donors (Lipinski definition) is 1. The summed E-state index contributed by atoms with van der Waals surface area (Å²) in [4.78, 5) is 17.3. The SMILES string of the molecule is CC[C@@H](NC(=O)c1ccc2c(c1)ncn2Cc1c(Cl)cccc1Cl)c1ccccc1.